The summed E-state index contributed by atoms with van der Waals surface area (Å²) < 4.78 is 5.82. The molecule has 1 aromatic heterocycles. The van der Waals surface area contributed by atoms with Gasteiger partial charge in [-0.25, -0.2) is 0 Å². The summed E-state index contributed by atoms with van der Waals surface area (Å²) in [5, 5.41) is 0. The quantitative estimate of drug-likeness (QED) is 0.774. The molecule has 3 heteroatoms. The molecule has 0 saturated heterocycles. The van der Waals surface area contributed by atoms with E-state index in [0.717, 1.165) is 5.92 Å². The normalized spacial score (nSPS) is 17.4. The zero-order valence-electron chi connectivity index (χ0n) is 6.56. The molecular weight excluding hydrogens is 319 g/mol. The Kier molecular flexibility index (Phi) is 1.88. The molecule has 0 atom stereocenters. The van der Waals surface area contributed by atoms with Crippen LogP contribution in [0.1, 0.15) is 12.8 Å². The zero-order valence-corrected chi connectivity index (χ0v) is 8.84. The molecule has 1 saturated carbocycles. The van der Waals surface area contributed by atoms with E-state index in [0.29, 0.717) is 0 Å². The third-order valence-electron chi connectivity index (χ3n) is 2.11. The first kappa shape index (κ1) is 7.54. The minimum atomic E-state index is 0.969. The van der Waals surface area contributed by atoms with Crippen molar-refractivity contribution in [2.45, 2.75) is 19.4 Å². The Morgan fingerprint density at radius 2 is 2.27 bits per heavy atom. The first-order chi connectivity index (χ1) is 5.27. The van der Waals surface area contributed by atoms with E-state index in [9.17, 15) is 0 Å². The van der Waals surface area contributed by atoms with Crippen LogP contribution in [-0.2, 0) is 32.9 Å². The topological polar surface area (TPSA) is 9.86 Å². The molecule has 0 unspecified atom stereocenters. The molecule has 11 heavy (non-hydrogen) atoms. The van der Waals surface area contributed by atoms with E-state index in [1.165, 1.54) is 23.2 Å². The molecule has 1 heterocycles. The molecule has 0 radical (unpaired) electrons. The first-order valence-corrected chi connectivity index (χ1v) is 5.08. The van der Waals surface area contributed by atoms with Gasteiger partial charge in [-0.05, 0) is 0 Å². The number of imidazole rings is 1. The molecule has 2 nitrogen and oxygen atoms in total. The van der Waals surface area contributed by atoms with Crippen LogP contribution in [0, 0.1) is 9.72 Å². The third-order valence-corrected chi connectivity index (χ3v) is 3.56. The van der Waals surface area contributed by atoms with Crippen LogP contribution >= 0.6 is 0 Å². The first-order valence-electron chi connectivity index (χ1n) is 3.94. The van der Waals surface area contributed by atoms with Crippen molar-refractivity contribution >= 4 is 0 Å². The van der Waals surface area contributed by atoms with Crippen molar-refractivity contribution in [1.82, 2.24) is 9.13 Å². The van der Waals surface area contributed by atoms with Gasteiger partial charge < -0.3 is 0 Å². The summed E-state index contributed by atoms with van der Waals surface area (Å²) >= 11 is 2.37. The summed E-state index contributed by atoms with van der Waals surface area (Å²) in [5.74, 6) is 0.969. The van der Waals surface area contributed by atoms with E-state index in [4.69, 9.17) is 0 Å². The second kappa shape index (κ2) is 2.74. The van der Waals surface area contributed by atoms with Crippen molar-refractivity contribution in [2.24, 2.45) is 13.0 Å². The van der Waals surface area contributed by atoms with Crippen LogP contribution in [0.3, 0.4) is 0 Å². The molecule has 1 aliphatic rings. The van der Waals surface area contributed by atoms with Crippen molar-refractivity contribution in [1.29, 1.82) is 0 Å². The molecule has 1 aliphatic carbocycles. The molecule has 0 amide bonds. The van der Waals surface area contributed by atoms with Gasteiger partial charge in [-0.3, -0.25) is 0 Å². The van der Waals surface area contributed by atoms with Gasteiger partial charge in [0.2, 0.25) is 0 Å². The van der Waals surface area contributed by atoms with Crippen LogP contribution in [-0.4, -0.2) is 9.13 Å². The summed E-state index contributed by atoms with van der Waals surface area (Å²) in [6, 6.07) is 0. The van der Waals surface area contributed by atoms with Crippen LogP contribution in [0.5, 0.6) is 0 Å². The summed E-state index contributed by atoms with van der Waals surface area (Å²) in [6.07, 6.45) is 7.14. The number of rotatable bonds is 2. The molecule has 64 valence electrons. The Balaban J connectivity index is 2.22. The van der Waals surface area contributed by atoms with E-state index in [1.54, 1.807) is 0 Å². The number of hydrogen-bond donors (Lipinski definition) is 0. The SMILES string of the molecule is Cn1ccn(CC2CC2)[c]1=[Pt]. The molecule has 0 bridgehead atoms. The second-order valence-electron chi connectivity index (χ2n) is 3.25. The second-order valence-corrected chi connectivity index (χ2v) is 4.26. The Hall–Kier alpha value is -0.102. The number of aromatic nitrogens is 2. The van der Waals surface area contributed by atoms with E-state index in [2.05, 4.69) is 47.9 Å². The maximum absolute atomic E-state index is 2.37. The van der Waals surface area contributed by atoms with Crippen molar-refractivity contribution in [3.63, 3.8) is 0 Å². The van der Waals surface area contributed by atoms with Gasteiger partial charge in [-0.15, -0.1) is 0 Å². The van der Waals surface area contributed by atoms with Crippen molar-refractivity contribution in [2.75, 3.05) is 0 Å². The Labute approximate surface area is 77.3 Å². The van der Waals surface area contributed by atoms with Gasteiger partial charge in [0.15, 0.2) is 0 Å². The van der Waals surface area contributed by atoms with Gasteiger partial charge in [-0.1, -0.05) is 0 Å². The van der Waals surface area contributed by atoms with Crippen molar-refractivity contribution in [3.05, 3.63) is 16.2 Å². The Morgan fingerprint density at radius 1 is 1.55 bits per heavy atom. The van der Waals surface area contributed by atoms with Gasteiger partial charge in [-0.2, -0.15) is 0 Å². The predicted octanol–water partition coefficient (Wildman–Crippen LogP) is 1.32. The van der Waals surface area contributed by atoms with E-state index < -0.39 is 0 Å². The summed E-state index contributed by atoms with van der Waals surface area (Å²) in [4.78, 5) is 0. The van der Waals surface area contributed by atoms with Crippen molar-refractivity contribution < 1.29 is 19.4 Å². The van der Waals surface area contributed by atoms with Crippen LogP contribution < -0.4 is 0 Å². The number of hydrogen-bond acceptors (Lipinski definition) is 0. The Bertz CT molecular complexity index is 306. The van der Waals surface area contributed by atoms with Gasteiger partial charge in [0.1, 0.15) is 0 Å². The van der Waals surface area contributed by atoms with Crippen LogP contribution in [0.4, 0.5) is 0 Å². The van der Waals surface area contributed by atoms with Gasteiger partial charge in [0.05, 0.1) is 0 Å². The fourth-order valence-corrected chi connectivity index (χ4v) is 1.75. The molecule has 0 aliphatic heterocycles. The standard InChI is InChI=1S/C8H12N2.Pt/c1-9-4-5-10(7-9)6-8-2-3-8;/h4-5,8H,2-3,6H2,1H3;. The van der Waals surface area contributed by atoms with Gasteiger partial charge in [0.25, 0.3) is 0 Å². The fourth-order valence-electron chi connectivity index (χ4n) is 1.21. The molecule has 1 fully saturated rings. The van der Waals surface area contributed by atoms with Crippen LogP contribution in [0.2, 0.25) is 0 Å². The van der Waals surface area contributed by atoms with Crippen LogP contribution in [0.25, 0.3) is 0 Å². The summed E-state index contributed by atoms with van der Waals surface area (Å²) in [6.45, 7) is 1.22. The molecule has 0 N–H and O–H groups in total. The van der Waals surface area contributed by atoms with E-state index in [1.807, 2.05) is 0 Å². The molecule has 0 spiro atoms. The summed E-state index contributed by atoms with van der Waals surface area (Å²) in [5.41, 5.74) is 0. The maximum atomic E-state index is 2.37. The fraction of sp³-hybridized carbons (Fsp3) is 0.625. The average Bonchev–Trinajstić information content (AvgIpc) is 2.74. The molecule has 0 aromatic carbocycles. The third kappa shape index (κ3) is 1.56. The number of aryl methyl sites for hydroxylation is 1. The van der Waals surface area contributed by atoms with E-state index >= 15 is 0 Å². The molecular formula is C8H12N2Pt. The average molecular weight is 331 g/mol. The van der Waals surface area contributed by atoms with Gasteiger partial charge in [0, 0.05) is 0 Å². The minimum absolute atomic E-state index is 0.969. The zero-order chi connectivity index (χ0) is 7.84. The predicted molar refractivity (Wildman–Crippen MR) is 39.4 cm³/mol. The monoisotopic (exact) mass is 331 g/mol. The van der Waals surface area contributed by atoms with Gasteiger partial charge >= 0.3 is 77.0 Å². The van der Waals surface area contributed by atoms with Crippen molar-refractivity contribution in [3.8, 4) is 0 Å². The molecule has 1 aromatic rings. The van der Waals surface area contributed by atoms with E-state index in [-0.39, 0.29) is 0 Å². The number of nitrogens with zero attached hydrogens (tertiary/aromatic N) is 2. The Morgan fingerprint density at radius 3 is 2.73 bits per heavy atom. The molecule has 2 rings (SSSR count). The summed E-state index contributed by atoms with van der Waals surface area (Å²) in [7, 11) is 2.09. The van der Waals surface area contributed by atoms with Crippen LogP contribution in [0.15, 0.2) is 12.4 Å².